The molecular formula is C11H8N2O. The highest BCUT2D eigenvalue weighted by molar-refractivity contribution is 5.63. The van der Waals surface area contributed by atoms with E-state index in [1.54, 1.807) is 24.4 Å². The number of hydrogen-bond donors (Lipinski definition) is 0. The summed E-state index contributed by atoms with van der Waals surface area (Å²) in [6.45, 7) is 0. The summed E-state index contributed by atoms with van der Waals surface area (Å²) in [7, 11) is 0. The Morgan fingerprint density at radius 2 is 2.00 bits per heavy atom. The Morgan fingerprint density at radius 3 is 2.71 bits per heavy atom. The van der Waals surface area contributed by atoms with E-state index in [4.69, 9.17) is 0 Å². The molecule has 0 amide bonds. The van der Waals surface area contributed by atoms with Gasteiger partial charge in [0.2, 0.25) is 0 Å². The van der Waals surface area contributed by atoms with Crippen LogP contribution in [0.15, 0.2) is 53.8 Å². The van der Waals surface area contributed by atoms with Crippen LogP contribution in [-0.4, -0.2) is 4.98 Å². The highest BCUT2D eigenvalue weighted by atomic mass is 16.3. The molecule has 3 nitrogen and oxygen atoms in total. The van der Waals surface area contributed by atoms with Crippen molar-refractivity contribution in [2.75, 3.05) is 0 Å². The van der Waals surface area contributed by atoms with Gasteiger partial charge in [0.05, 0.1) is 5.69 Å². The molecule has 0 unspecified atom stereocenters. The van der Waals surface area contributed by atoms with Gasteiger partial charge in [0.25, 0.3) is 0 Å². The molecule has 0 saturated carbocycles. The SMILES string of the molecule is O=Nc1cccc(-c2ccccn2)c1. The molecule has 14 heavy (non-hydrogen) atoms. The summed E-state index contributed by atoms with van der Waals surface area (Å²) in [5.74, 6) is 0. The van der Waals surface area contributed by atoms with Gasteiger partial charge >= 0.3 is 0 Å². The van der Waals surface area contributed by atoms with Crippen molar-refractivity contribution in [2.45, 2.75) is 0 Å². The molecule has 2 aromatic rings. The lowest BCUT2D eigenvalue weighted by molar-refractivity contribution is 1.32. The molecule has 1 aromatic heterocycles. The van der Waals surface area contributed by atoms with Gasteiger partial charge in [-0.1, -0.05) is 18.2 Å². The van der Waals surface area contributed by atoms with Crippen LogP contribution in [-0.2, 0) is 0 Å². The summed E-state index contributed by atoms with van der Waals surface area (Å²) >= 11 is 0. The van der Waals surface area contributed by atoms with Crippen LogP contribution in [0.5, 0.6) is 0 Å². The van der Waals surface area contributed by atoms with E-state index in [0.29, 0.717) is 5.69 Å². The average molecular weight is 184 g/mol. The first kappa shape index (κ1) is 8.56. The number of benzene rings is 1. The van der Waals surface area contributed by atoms with Crippen molar-refractivity contribution < 1.29 is 0 Å². The number of hydrogen-bond acceptors (Lipinski definition) is 3. The van der Waals surface area contributed by atoms with Crippen molar-refractivity contribution in [1.82, 2.24) is 4.98 Å². The molecule has 0 aliphatic carbocycles. The Labute approximate surface area is 81.4 Å². The number of nitroso groups, excluding NO2 is 1. The van der Waals surface area contributed by atoms with Gasteiger partial charge in [-0.2, -0.15) is 0 Å². The van der Waals surface area contributed by atoms with Crippen LogP contribution < -0.4 is 0 Å². The fourth-order valence-corrected chi connectivity index (χ4v) is 1.26. The number of nitrogens with zero attached hydrogens (tertiary/aromatic N) is 2. The zero-order valence-corrected chi connectivity index (χ0v) is 7.42. The Kier molecular flexibility index (Phi) is 2.32. The monoisotopic (exact) mass is 184 g/mol. The van der Waals surface area contributed by atoms with Crippen molar-refractivity contribution in [2.24, 2.45) is 5.18 Å². The molecule has 0 saturated heterocycles. The summed E-state index contributed by atoms with van der Waals surface area (Å²) in [5, 5.41) is 2.88. The predicted octanol–water partition coefficient (Wildman–Crippen LogP) is 3.15. The fraction of sp³-hybridized carbons (Fsp3) is 0. The van der Waals surface area contributed by atoms with Crippen LogP contribution in [0.3, 0.4) is 0 Å². The summed E-state index contributed by atoms with van der Waals surface area (Å²) < 4.78 is 0. The first-order valence-electron chi connectivity index (χ1n) is 4.25. The van der Waals surface area contributed by atoms with E-state index in [2.05, 4.69) is 10.2 Å². The lowest BCUT2D eigenvalue weighted by Crippen LogP contribution is -1.80. The molecular weight excluding hydrogens is 176 g/mol. The first-order chi connectivity index (χ1) is 6.90. The normalized spacial score (nSPS) is 9.71. The molecule has 0 spiro atoms. The third-order valence-electron chi connectivity index (χ3n) is 1.91. The van der Waals surface area contributed by atoms with Gasteiger partial charge in [0.15, 0.2) is 0 Å². The van der Waals surface area contributed by atoms with Crippen molar-refractivity contribution in [3.8, 4) is 11.3 Å². The van der Waals surface area contributed by atoms with E-state index >= 15 is 0 Å². The second-order valence-electron chi connectivity index (χ2n) is 2.86. The fourth-order valence-electron chi connectivity index (χ4n) is 1.26. The van der Waals surface area contributed by atoms with Gasteiger partial charge in [0.1, 0.15) is 5.69 Å². The molecule has 0 aliphatic heterocycles. The number of pyridine rings is 1. The maximum Gasteiger partial charge on any atom is 0.108 e. The van der Waals surface area contributed by atoms with E-state index in [-0.39, 0.29) is 0 Å². The summed E-state index contributed by atoms with van der Waals surface area (Å²) in [5.41, 5.74) is 2.17. The van der Waals surface area contributed by atoms with Gasteiger partial charge in [-0.25, -0.2) is 0 Å². The highest BCUT2D eigenvalue weighted by Crippen LogP contribution is 2.21. The molecule has 68 valence electrons. The van der Waals surface area contributed by atoms with E-state index in [1.807, 2.05) is 24.3 Å². The highest BCUT2D eigenvalue weighted by Gasteiger charge is 1.98. The minimum Gasteiger partial charge on any atom is -0.256 e. The predicted molar refractivity (Wildman–Crippen MR) is 55.1 cm³/mol. The Balaban J connectivity index is 2.47. The lowest BCUT2D eigenvalue weighted by Gasteiger charge is -1.99. The zero-order valence-electron chi connectivity index (χ0n) is 7.42. The standard InChI is InChI=1S/C11H8N2O/c14-13-10-5-3-4-9(8-10)11-6-1-2-7-12-11/h1-8H. The van der Waals surface area contributed by atoms with Crippen LogP contribution in [0.4, 0.5) is 5.69 Å². The molecule has 1 heterocycles. The van der Waals surface area contributed by atoms with Crippen LogP contribution in [0.1, 0.15) is 0 Å². The molecule has 3 heteroatoms. The molecule has 1 aromatic carbocycles. The molecule has 0 atom stereocenters. The Hall–Kier alpha value is -2.03. The third kappa shape index (κ3) is 1.66. The van der Waals surface area contributed by atoms with Gasteiger partial charge in [0, 0.05) is 11.8 Å². The van der Waals surface area contributed by atoms with Crippen molar-refractivity contribution in [3.05, 3.63) is 53.6 Å². The van der Waals surface area contributed by atoms with Crippen molar-refractivity contribution >= 4 is 5.69 Å². The Bertz CT molecular complexity index is 440. The first-order valence-corrected chi connectivity index (χ1v) is 4.25. The molecule has 0 radical (unpaired) electrons. The summed E-state index contributed by atoms with van der Waals surface area (Å²) in [6.07, 6.45) is 1.72. The van der Waals surface area contributed by atoms with E-state index in [0.717, 1.165) is 11.3 Å². The minimum atomic E-state index is 0.424. The lowest BCUT2D eigenvalue weighted by atomic mass is 10.1. The number of rotatable bonds is 2. The van der Waals surface area contributed by atoms with Crippen LogP contribution in [0.2, 0.25) is 0 Å². The van der Waals surface area contributed by atoms with E-state index < -0.39 is 0 Å². The maximum atomic E-state index is 10.3. The zero-order chi connectivity index (χ0) is 9.80. The topological polar surface area (TPSA) is 42.3 Å². The summed E-state index contributed by atoms with van der Waals surface area (Å²) in [6, 6.07) is 12.7. The molecule has 0 bridgehead atoms. The smallest absolute Gasteiger partial charge is 0.108 e. The van der Waals surface area contributed by atoms with Crippen LogP contribution in [0, 0.1) is 4.91 Å². The van der Waals surface area contributed by atoms with Gasteiger partial charge in [-0.05, 0) is 29.4 Å². The maximum absolute atomic E-state index is 10.3. The molecule has 0 aliphatic rings. The van der Waals surface area contributed by atoms with Crippen LogP contribution in [0.25, 0.3) is 11.3 Å². The average Bonchev–Trinajstić information content (AvgIpc) is 2.30. The largest absolute Gasteiger partial charge is 0.256 e. The van der Waals surface area contributed by atoms with E-state index in [9.17, 15) is 4.91 Å². The van der Waals surface area contributed by atoms with Gasteiger partial charge < -0.3 is 0 Å². The van der Waals surface area contributed by atoms with Crippen molar-refractivity contribution in [1.29, 1.82) is 0 Å². The third-order valence-corrected chi connectivity index (χ3v) is 1.91. The second kappa shape index (κ2) is 3.79. The van der Waals surface area contributed by atoms with E-state index in [1.165, 1.54) is 0 Å². The van der Waals surface area contributed by atoms with Crippen molar-refractivity contribution in [3.63, 3.8) is 0 Å². The molecule has 0 fully saturated rings. The molecule has 2 rings (SSSR count). The second-order valence-corrected chi connectivity index (χ2v) is 2.86. The van der Waals surface area contributed by atoms with Gasteiger partial charge in [-0.15, -0.1) is 4.91 Å². The molecule has 0 N–H and O–H groups in total. The Morgan fingerprint density at radius 1 is 1.07 bits per heavy atom. The quantitative estimate of drug-likeness (QED) is 0.673. The number of aromatic nitrogens is 1. The van der Waals surface area contributed by atoms with Gasteiger partial charge in [-0.3, -0.25) is 4.98 Å². The van der Waals surface area contributed by atoms with Crippen LogP contribution >= 0.6 is 0 Å². The minimum absolute atomic E-state index is 0.424. The summed E-state index contributed by atoms with van der Waals surface area (Å²) in [4.78, 5) is 14.5.